The Morgan fingerprint density at radius 2 is 2.25 bits per heavy atom. The van der Waals surface area contributed by atoms with Crippen LogP contribution in [0.4, 0.5) is 0 Å². The van der Waals surface area contributed by atoms with E-state index in [1.165, 1.54) is 0 Å². The molecule has 2 N–H and O–H groups in total. The quantitative estimate of drug-likeness (QED) is 0.687. The molecule has 2 aromatic heterocycles. The Morgan fingerprint density at radius 3 is 3.00 bits per heavy atom. The second kappa shape index (κ2) is 3.16. The van der Waals surface area contributed by atoms with Crippen LogP contribution in [0.2, 0.25) is 0 Å². The molecule has 0 aliphatic carbocycles. The molecule has 2 aromatic rings. The van der Waals surface area contributed by atoms with Crippen molar-refractivity contribution in [1.29, 1.82) is 0 Å². The summed E-state index contributed by atoms with van der Waals surface area (Å²) in [7, 11) is 0. The Bertz CT molecular complexity index is 588. The van der Waals surface area contributed by atoms with Gasteiger partial charge in [-0.15, -0.1) is 0 Å². The maximum atomic E-state index is 11.6. The van der Waals surface area contributed by atoms with Crippen molar-refractivity contribution in [2.45, 2.75) is 12.3 Å². The lowest BCUT2D eigenvalue weighted by Gasteiger charge is -2.02. The van der Waals surface area contributed by atoms with Gasteiger partial charge < -0.3 is 4.98 Å². The molecule has 1 atom stereocenters. The number of amides is 2. The van der Waals surface area contributed by atoms with Crippen LogP contribution in [0.15, 0.2) is 24.5 Å². The summed E-state index contributed by atoms with van der Waals surface area (Å²) < 4.78 is 0. The van der Waals surface area contributed by atoms with Crippen LogP contribution in [0.1, 0.15) is 17.9 Å². The summed E-state index contributed by atoms with van der Waals surface area (Å²) in [5, 5.41) is 3.21. The largest absolute Gasteiger partial charge is 0.346 e. The van der Waals surface area contributed by atoms with E-state index in [1.807, 2.05) is 12.1 Å². The lowest BCUT2D eigenvalue weighted by atomic mass is 9.98. The molecule has 1 aliphatic heterocycles. The Hall–Kier alpha value is -2.17. The Kier molecular flexibility index (Phi) is 1.80. The van der Waals surface area contributed by atoms with Gasteiger partial charge in [0.2, 0.25) is 11.8 Å². The van der Waals surface area contributed by atoms with Gasteiger partial charge in [0.1, 0.15) is 5.65 Å². The van der Waals surface area contributed by atoms with Gasteiger partial charge in [0.15, 0.2) is 0 Å². The highest BCUT2D eigenvalue weighted by atomic mass is 16.2. The van der Waals surface area contributed by atoms with Crippen LogP contribution in [0.25, 0.3) is 11.0 Å². The first kappa shape index (κ1) is 9.08. The van der Waals surface area contributed by atoms with E-state index in [4.69, 9.17) is 0 Å². The van der Waals surface area contributed by atoms with E-state index in [9.17, 15) is 9.59 Å². The monoisotopic (exact) mass is 215 g/mol. The zero-order chi connectivity index (χ0) is 11.1. The number of H-pyrrole nitrogens is 1. The van der Waals surface area contributed by atoms with Crippen molar-refractivity contribution < 1.29 is 9.59 Å². The number of aromatic nitrogens is 2. The first-order valence-electron chi connectivity index (χ1n) is 5.01. The summed E-state index contributed by atoms with van der Waals surface area (Å²) in [6.45, 7) is 0. The van der Waals surface area contributed by atoms with Crippen LogP contribution < -0.4 is 5.32 Å². The van der Waals surface area contributed by atoms with Gasteiger partial charge in [-0.05, 0) is 17.7 Å². The summed E-state index contributed by atoms with van der Waals surface area (Å²) in [6, 6.07) is 3.71. The molecule has 0 saturated carbocycles. The standard InChI is InChI=1S/C11H9N3O2/c15-9-4-7(11(16)14-9)8-5-13-10-6(8)2-1-3-12-10/h1-3,5,7H,4H2,(H,12,13)(H,14,15,16). The molecule has 0 radical (unpaired) electrons. The van der Waals surface area contributed by atoms with Crippen molar-refractivity contribution in [3.63, 3.8) is 0 Å². The van der Waals surface area contributed by atoms with Crippen LogP contribution in [0.3, 0.4) is 0 Å². The second-order valence-electron chi connectivity index (χ2n) is 3.81. The number of carbonyl (C=O) groups excluding carboxylic acids is 2. The van der Waals surface area contributed by atoms with E-state index in [1.54, 1.807) is 12.4 Å². The third-order valence-corrected chi connectivity index (χ3v) is 2.83. The average Bonchev–Trinajstić information content (AvgIpc) is 2.81. The number of rotatable bonds is 1. The number of hydrogen-bond acceptors (Lipinski definition) is 3. The smallest absolute Gasteiger partial charge is 0.234 e. The number of carbonyl (C=O) groups is 2. The molecule has 5 nitrogen and oxygen atoms in total. The number of nitrogens with one attached hydrogen (secondary N) is 2. The highest BCUT2D eigenvalue weighted by molar-refractivity contribution is 6.07. The fourth-order valence-electron chi connectivity index (χ4n) is 2.07. The maximum Gasteiger partial charge on any atom is 0.234 e. The normalized spacial score (nSPS) is 20.4. The predicted molar refractivity (Wildman–Crippen MR) is 56.6 cm³/mol. The molecular formula is C11H9N3O2. The lowest BCUT2D eigenvalue weighted by Crippen LogP contribution is -2.21. The van der Waals surface area contributed by atoms with Crippen molar-refractivity contribution in [2.75, 3.05) is 0 Å². The number of imide groups is 1. The number of hydrogen-bond donors (Lipinski definition) is 2. The van der Waals surface area contributed by atoms with Crippen molar-refractivity contribution in [2.24, 2.45) is 0 Å². The van der Waals surface area contributed by atoms with E-state index in [-0.39, 0.29) is 24.2 Å². The van der Waals surface area contributed by atoms with Crippen molar-refractivity contribution in [3.05, 3.63) is 30.1 Å². The van der Waals surface area contributed by atoms with Gasteiger partial charge in [-0.2, -0.15) is 0 Å². The lowest BCUT2D eigenvalue weighted by molar-refractivity contribution is -0.125. The molecule has 1 aliphatic rings. The molecule has 0 spiro atoms. The topological polar surface area (TPSA) is 74.8 Å². The van der Waals surface area contributed by atoms with Crippen LogP contribution in [-0.4, -0.2) is 21.8 Å². The molecule has 2 amide bonds. The second-order valence-corrected chi connectivity index (χ2v) is 3.81. The first-order chi connectivity index (χ1) is 7.75. The average molecular weight is 215 g/mol. The zero-order valence-electron chi connectivity index (χ0n) is 8.36. The fraction of sp³-hybridized carbons (Fsp3) is 0.182. The zero-order valence-corrected chi connectivity index (χ0v) is 8.36. The SMILES string of the molecule is O=C1CC(c2c[nH]c3ncccc23)C(=O)N1. The Morgan fingerprint density at radius 1 is 1.38 bits per heavy atom. The van der Waals surface area contributed by atoms with Crippen LogP contribution in [-0.2, 0) is 9.59 Å². The molecule has 1 fully saturated rings. The minimum atomic E-state index is -0.384. The maximum absolute atomic E-state index is 11.6. The van der Waals surface area contributed by atoms with E-state index in [2.05, 4.69) is 15.3 Å². The molecule has 16 heavy (non-hydrogen) atoms. The molecule has 1 unspecified atom stereocenters. The highest BCUT2D eigenvalue weighted by Gasteiger charge is 2.33. The van der Waals surface area contributed by atoms with Gasteiger partial charge in [0, 0.05) is 24.2 Å². The van der Waals surface area contributed by atoms with E-state index in [0.717, 1.165) is 16.6 Å². The molecule has 0 aromatic carbocycles. The predicted octanol–water partition coefficient (Wildman–Crippen LogP) is 0.693. The van der Waals surface area contributed by atoms with E-state index in [0.29, 0.717) is 0 Å². The highest BCUT2D eigenvalue weighted by Crippen LogP contribution is 2.29. The van der Waals surface area contributed by atoms with E-state index < -0.39 is 0 Å². The summed E-state index contributed by atoms with van der Waals surface area (Å²) in [5.41, 5.74) is 1.58. The fourth-order valence-corrected chi connectivity index (χ4v) is 2.07. The molecule has 5 heteroatoms. The molecule has 3 heterocycles. The summed E-state index contributed by atoms with van der Waals surface area (Å²) in [4.78, 5) is 29.8. The minimum Gasteiger partial charge on any atom is -0.346 e. The van der Waals surface area contributed by atoms with Gasteiger partial charge in [0.25, 0.3) is 0 Å². The van der Waals surface area contributed by atoms with Gasteiger partial charge in [-0.25, -0.2) is 4.98 Å². The number of pyridine rings is 1. The van der Waals surface area contributed by atoms with Crippen LogP contribution >= 0.6 is 0 Å². The van der Waals surface area contributed by atoms with E-state index >= 15 is 0 Å². The molecule has 0 bridgehead atoms. The third kappa shape index (κ3) is 1.21. The van der Waals surface area contributed by atoms with Gasteiger partial charge in [-0.3, -0.25) is 14.9 Å². The molecular weight excluding hydrogens is 206 g/mol. The van der Waals surface area contributed by atoms with Crippen molar-refractivity contribution >= 4 is 22.8 Å². The summed E-state index contributed by atoms with van der Waals surface area (Å²) in [6.07, 6.45) is 3.66. The van der Waals surface area contributed by atoms with Gasteiger partial charge in [0.05, 0.1) is 5.92 Å². The Labute approximate surface area is 90.9 Å². The van der Waals surface area contributed by atoms with Crippen molar-refractivity contribution in [1.82, 2.24) is 15.3 Å². The van der Waals surface area contributed by atoms with Crippen molar-refractivity contribution in [3.8, 4) is 0 Å². The number of nitrogens with zero attached hydrogens (tertiary/aromatic N) is 1. The molecule has 3 rings (SSSR count). The summed E-state index contributed by atoms with van der Waals surface area (Å²) in [5.74, 6) is -0.826. The third-order valence-electron chi connectivity index (χ3n) is 2.83. The summed E-state index contributed by atoms with van der Waals surface area (Å²) >= 11 is 0. The van der Waals surface area contributed by atoms with Gasteiger partial charge >= 0.3 is 0 Å². The number of fused-ring (bicyclic) bond motifs is 1. The molecule has 1 saturated heterocycles. The minimum absolute atomic E-state index is 0.215. The number of aromatic amines is 1. The molecule has 80 valence electrons. The van der Waals surface area contributed by atoms with Gasteiger partial charge in [-0.1, -0.05) is 0 Å². The van der Waals surface area contributed by atoms with Crippen LogP contribution in [0, 0.1) is 0 Å². The first-order valence-corrected chi connectivity index (χ1v) is 5.01. The van der Waals surface area contributed by atoms with Crippen LogP contribution in [0.5, 0.6) is 0 Å². The Balaban J connectivity index is 2.13.